The molecular weight excluding hydrogens is 372 g/mol. The van der Waals surface area contributed by atoms with Crippen molar-refractivity contribution in [2.75, 3.05) is 11.3 Å². The smallest absolute Gasteiger partial charge is 0.261 e. The summed E-state index contributed by atoms with van der Waals surface area (Å²) in [5, 5.41) is 3.00. The van der Waals surface area contributed by atoms with Crippen LogP contribution in [0.4, 0.5) is 5.69 Å². The predicted molar refractivity (Wildman–Crippen MR) is 112 cm³/mol. The first-order chi connectivity index (χ1) is 13.3. The summed E-state index contributed by atoms with van der Waals surface area (Å²) in [6, 6.07) is 11.8. The van der Waals surface area contributed by atoms with E-state index in [0.29, 0.717) is 23.7 Å². The Kier molecular flexibility index (Phi) is 6.39. The molecule has 0 aromatic heterocycles. The van der Waals surface area contributed by atoms with E-state index in [9.17, 15) is 13.2 Å². The lowest BCUT2D eigenvalue weighted by Crippen LogP contribution is -2.30. The molecule has 150 valence electrons. The number of sulfonamides is 1. The van der Waals surface area contributed by atoms with Crippen molar-refractivity contribution in [3.63, 3.8) is 0 Å². The summed E-state index contributed by atoms with van der Waals surface area (Å²) in [4.78, 5) is 12.7. The summed E-state index contributed by atoms with van der Waals surface area (Å²) in [6.45, 7) is 4.40. The monoisotopic (exact) mass is 400 g/mol. The fraction of sp³-hybridized carbons (Fsp3) is 0.409. The van der Waals surface area contributed by atoms with Gasteiger partial charge < -0.3 is 5.32 Å². The molecule has 1 aliphatic rings. The van der Waals surface area contributed by atoms with Crippen LogP contribution in [-0.2, 0) is 10.0 Å². The highest BCUT2D eigenvalue weighted by atomic mass is 32.2. The van der Waals surface area contributed by atoms with Crippen LogP contribution in [-0.4, -0.2) is 20.9 Å². The topological polar surface area (TPSA) is 75.3 Å². The Bertz CT molecular complexity index is 931. The Hall–Kier alpha value is -2.34. The van der Waals surface area contributed by atoms with Gasteiger partial charge in [-0.25, -0.2) is 8.42 Å². The molecule has 3 rings (SSSR count). The highest BCUT2D eigenvalue weighted by Gasteiger charge is 2.18. The highest BCUT2D eigenvalue weighted by molar-refractivity contribution is 7.92. The molecule has 1 aliphatic carbocycles. The first kappa shape index (κ1) is 20.4. The van der Waals surface area contributed by atoms with Crippen LogP contribution >= 0.6 is 0 Å². The lowest BCUT2D eigenvalue weighted by molar-refractivity contribution is 0.0943. The summed E-state index contributed by atoms with van der Waals surface area (Å²) in [5.41, 5.74) is 2.64. The zero-order valence-electron chi connectivity index (χ0n) is 16.5. The van der Waals surface area contributed by atoms with Gasteiger partial charge in [0.25, 0.3) is 15.9 Å². The van der Waals surface area contributed by atoms with Crippen LogP contribution in [0, 0.1) is 19.8 Å². The Morgan fingerprint density at radius 2 is 1.68 bits per heavy atom. The fourth-order valence-corrected chi connectivity index (χ4v) is 4.65. The van der Waals surface area contributed by atoms with Crippen LogP contribution in [0.3, 0.4) is 0 Å². The van der Waals surface area contributed by atoms with E-state index in [-0.39, 0.29) is 10.8 Å². The number of hydrogen-bond donors (Lipinski definition) is 2. The minimum absolute atomic E-state index is 0.165. The second kappa shape index (κ2) is 8.78. The van der Waals surface area contributed by atoms with E-state index >= 15 is 0 Å². The Morgan fingerprint density at radius 1 is 1.00 bits per heavy atom. The summed E-state index contributed by atoms with van der Waals surface area (Å²) in [6.07, 6.45) is 6.07. The lowest BCUT2D eigenvalue weighted by atomic mass is 9.89. The Morgan fingerprint density at radius 3 is 2.36 bits per heavy atom. The second-order valence-electron chi connectivity index (χ2n) is 7.66. The minimum Gasteiger partial charge on any atom is -0.352 e. The van der Waals surface area contributed by atoms with Gasteiger partial charge in [0.2, 0.25) is 0 Å². The van der Waals surface area contributed by atoms with E-state index in [2.05, 4.69) is 10.0 Å². The quantitative estimate of drug-likeness (QED) is 0.754. The van der Waals surface area contributed by atoms with E-state index < -0.39 is 10.0 Å². The predicted octanol–water partition coefficient (Wildman–Crippen LogP) is 4.41. The summed E-state index contributed by atoms with van der Waals surface area (Å²) in [7, 11) is -3.71. The molecule has 2 N–H and O–H groups in total. The number of carbonyl (C=O) groups is 1. The highest BCUT2D eigenvalue weighted by Crippen LogP contribution is 2.24. The van der Waals surface area contributed by atoms with E-state index in [1.54, 1.807) is 42.5 Å². The maximum absolute atomic E-state index is 12.7. The maximum atomic E-state index is 12.7. The molecule has 0 heterocycles. The standard InChI is InChI=1S/C22H28N2O3S/c1-16-8-12-20(13-9-16)28(26,27)24-21-14-19(11-10-17(21)2)22(25)23-15-18-6-4-3-5-7-18/h8-14,18,24H,3-7,15H2,1-2H3,(H,23,25). The van der Waals surface area contributed by atoms with Gasteiger partial charge in [-0.3, -0.25) is 9.52 Å². The van der Waals surface area contributed by atoms with Crippen LogP contribution in [0.1, 0.15) is 53.6 Å². The Balaban J connectivity index is 1.71. The number of benzene rings is 2. The number of aryl methyl sites for hydroxylation is 2. The van der Waals surface area contributed by atoms with E-state index in [0.717, 1.165) is 24.0 Å². The molecule has 6 heteroatoms. The number of carbonyl (C=O) groups excluding carboxylic acids is 1. The van der Waals surface area contributed by atoms with Crippen LogP contribution in [0.25, 0.3) is 0 Å². The Labute approximate surface area is 167 Å². The van der Waals surface area contributed by atoms with Crippen molar-refractivity contribution < 1.29 is 13.2 Å². The zero-order valence-corrected chi connectivity index (χ0v) is 17.3. The average molecular weight is 401 g/mol. The molecule has 0 bridgehead atoms. The fourth-order valence-electron chi connectivity index (χ4n) is 3.52. The number of rotatable bonds is 6. The van der Waals surface area contributed by atoms with Gasteiger partial charge >= 0.3 is 0 Å². The third-order valence-corrected chi connectivity index (χ3v) is 6.73. The third kappa shape index (κ3) is 5.13. The lowest BCUT2D eigenvalue weighted by Gasteiger charge is -2.21. The molecule has 2 aromatic rings. The molecule has 0 radical (unpaired) electrons. The molecule has 0 unspecified atom stereocenters. The maximum Gasteiger partial charge on any atom is 0.261 e. The number of hydrogen-bond acceptors (Lipinski definition) is 3. The minimum atomic E-state index is -3.71. The van der Waals surface area contributed by atoms with Gasteiger partial charge in [-0.05, 0) is 62.4 Å². The molecule has 1 saturated carbocycles. The van der Waals surface area contributed by atoms with Crippen molar-refractivity contribution >= 4 is 21.6 Å². The molecule has 2 aromatic carbocycles. The van der Waals surface area contributed by atoms with Crippen molar-refractivity contribution in [2.45, 2.75) is 50.8 Å². The van der Waals surface area contributed by atoms with Crippen molar-refractivity contribution in [1.82, 2.24) is 5.32 Å². The number of amides is 1. The van der Waals surface area contributed by atoms with Crippen LogP contribution in [0.15, 0.2) is 47.4 Å². The summed E-state index contributed by atoms with van der Waals surface area (Å²) >= 11 is 0. The van der Waals surface area contributed by atoms with Crippen LogP contribution in [0.5, 0.6) is 0 Å². The zero-order chi connectivity index (χ0) is 20.1. The van der Waals surface area contributed by atoms with Crippen molar-refractivity contribution in [3.05, 3.63) is 59.2 Å². The normalized spacial score (nSPS) is 15.2. The molecule has 1 fully saturated rings. The van der Waals surface area contributed by atoms with E-state index in [1.165, 1.54) is 19.3 Å². The average Bonchev–Trinajstić information content (AvgIpc) is 2.69. The summed E-state index contributed by atoms with van der Waals surface area (Å²) in [5.74, 6) is 0.379. The molecule has 0 spiro atoms. The second-order valence-corrected chi connectivity index (χ2v) is 9.34. The number of anilines is 1. The van der Waals surface area contributed by atoms with Gasteiger partial charge in [-0.2, -0.15) is 0 Å². The van der Waals surface area contributed by atoms with Crippen molar-refractivity contribution in [3.8, 4) is 0 Å². The largest absolute Gasteiger partial charge is 0.352 e. The SMILES string of the molecule is Cc1ccc(S(=O)(=O)Nc2cc(C(=O)NCC3CCCCC3)ccc2C)cc1. The van der Waals surface area contributed by atoms with E-state index in [4.69, 9.17) is 0 Å². The first-order valence-corrected chi connectivity index (χ1v) is 11.3. The van der Waals surface area contributed by atoms with Gasteiger partial charge in [-0.15, -0.1) is 0 Å². The molecule has 1 amide bonds. The van der Waals surface area contributed by atoms with Gasteiger partial charge in [0, 0.05) is 12.1 Å². The molecule has 5 nitrogen and oxygen atoms in total. The van der Waals surface area contributed by atoms with Crippen LogP contribution < -0.4 is 10.0 Å². The van der Waals surface area contributed by atoms with E-state index in [1.807, 2.05) is 13.8 Å². The molecule has 0 atom stereocenters. The molecule has 0 saturated heterocycles. The molecular formula is C22H28N2O3S. The van der Waals surface area contributed by atoms with Gasteiger partial charge in [-0.1, -0.05) is 43.0 Å². The first-order valence-electron chi connectivity index (χ1n) is 9.83. The third-order valence-electron chi connectivity index (χ3n) is 5.35. The van der Waals surface area contributed by atoms with Gasteiger partial charge in [0.15, 0.2) is 0 Å². The van der Waals surface area contributed by atoms with Crippen LogP contribution in [0.2, 0.25) is 0 Å². The molecule has 28 heavy (non-hydrogen) atoms. The van der Waals surface area contributed by atoms with Gasteiger partial charge in [0.1, 0.15) is 0 Å². The van der Waals surface area contributed by atoms with Crippen molar-refractivity contribution in [1.29, 1.82) is 0 Å². The number of nitrogens with one attached hydrogen (secondary N) is 2. The van der Waals surface area contributed by atoms with Gasteiger partial charge in [0.05, 0.1) is 10.6 Å². The summed E-state index contributed by atoms with van der Waals surface area (Å²) < 4.78 is 27.9. The van der Waals surface area contributed by atoms with Crippen molar-refractivity contribution in [2.24, 2.45) is 5.92 Å². The molecule has 0 aliphatic heterocycles.